The van der Waals surface area contributed by atoms with Gasteiger partial charge in [0.15, 0.2) is 0 Å². The predicted octanol–water partition coefficient (Wildman–Crippen LogP) is 0.549. The van der Waals surface area contributed by atoms with Gasteiger partial charge in [0.25, 0.3) is 11.8 Å². The van der Waals surface area contributed by atoms with E-state index in [1.165, 1.54) is 17.4 Å². The number of aliphatic hydroxyl groups is 1. The van der Waals surface area contributed by atoms with Crippen LogP contribution in [0.15, 0.2) is 15.5 Å². The summed E-state index contributed by atoms with van der Waals surface area (Å²) < 4.78 is 23.9. The van der Waals surface area contributed by atoms with Crippen LogP contribution < -0.4 is 0 Å². The van der Waals surface area contributed by atoms with Crippen LogP contribution in [0.4, 0.5) is 0 Å². The van der Waals surface area contributed by atoms with Crippen molar-refractivity contribution in [1.82, 2.24) is 14.7 Å². The Morgan fingerprint density at radius 2 is 2.19 bits per heavy atom. The standard InChI is InChI=1S/C17H26N4O5S/c1-3-4-14(22)17(24)20-7-8-21-13(10-20)15(9-18-21)27(2,25)19-16(23)11-26-12-5-6-12/h9,12,14,22H,3-8,10-11H2,1-2H3. The van der Waals surface area contributed by atoms with Crippen molar-refractivity contribution in [2.75, 3.05) is 19.4 Å². The molecular formula is C17H26N4O5S. The summed E-state index contributed by atoms with van der Waals surface area (Å²) in [6.45, 7) is 2.77. The topological polar surface area (TPSA) is 114 Å². The SMILES string of the molecule is CCCC(O)C(=O)N1CCn2ncc(S(C)(=O)=NC(=O)COC3CC3)c2C1. The second kappa shape index (κ2) is 8.07. The lowest BCUT2D eigenvalue weighted by atomic mass is 10.1. The first-order valence-corrected chi connectivity index (χ1v) is 11.1. The highest BCUT2D eigenvalue weighted by molar-refractivity contribution is 7.93. The van der Waals surface area contributed by atoms with Crippen LogP contribution >= 0.6 is 0 Å². The van der Waals surface area contributed by atoms with Gasteiger partial charge in [0.2, 0.25) is 0 Å². The number of carbonyl (C=O) groups excluding carboxylic acids is 2. The smallest absolute Gasteiger partial charge is 0.280 e. The van der Waals surface area contributed by atoms with Gasteiger partial charge in [-0.2, -0.15) is 9.46 Å². The van der Waals surface area contributed by atoms with Gasteiger partial charge in [0.1, 0.15) is 12.7 Å². The number of ether oxygens (including phenoxy) is 1. The Kier molecular flexibility index (Phi) is 5.97. The average Bonchev–Trinajstić information content (AvgIpc) is 3.35. The van der Waals surface area contributed by atoms with Gasteiger partial charge in [-0.3, -0.25) is 14.3 Å². The molecule has 10 heteroatoms. The van der Waals surface area contributed by atoms with Crippen molar-refractivity contribution in [3.8, 4) is 0 Å². The molecule has 0 bridgehead atoms. The van der Waals surface area contributed by atoms with Crippen LogP contribution in [0.5, 0.6) is 0 Å². The fourth-order valence-corrected chi connectivity index (χ4v) is 4.42. The Bertz CT molecular complexity index is 838. The van der Waals surface area contributed by atoms with E-state index in [9.17, 15) is 18.9 Å². The quantitative estimate of drug-likeness (QED) is 0.717. The molecule has 3 rings (SSSR count). The zero-order valence-electron chi connectivity index (χ0n) is 15.7. The summed E-state index contributed by atoms with van der Waals surface area (Å²) in [7, 11) is -3.00. The molecule has 1 aliphatic heterocycles. The van der Waals surface area contributed by atoms with Crippen LogP contribution in [0, 0.1) is 0 Å². The fraction of sp³-hybridized carbons (Fsp3) is 0.706. The number of hydrogen-bond acceptors (Lipinski definition) is 6. The normalized spacial score (nSPS) is 19.9. The van der Waals surface area contributed by atoms with E-state index in [0.29, 0.717) is 36.5 Å². The summed E-state index contributed by atoms with van der Waals surface area (Å²) >= 11 is 0. The van der Waals surface area contributed by atoms with Gasteiger partial charge in [-0.25, -0.2) is 4.21 Å². The molecule has 0 aromatic carbocycles. The first-order valence-electron chi connectivity index (χ1n) is 9.20. The maximum Gasteiger partial charge on any atom is 0.280 e. The Labute approximate surface area is 158 Å². The summed E-state index contributed by atoms with van der Waals surface area (Å²) in [5, 5.41) is 14.2. The largest absolute Gasteiger partial charge is 0.383 e. The number of nitrogens with zero attached hydrogens (tertiary/aromatic N) is 4. The van der Waals surface area contributed by atoms with Crippen molar-refractivity contribution in [2.24, 2.45) is 4.36 Å². The van der Waals surface area contributed by atoms with Gasteiger partial charge in [-0.05, 0) is 19.3 Å². The van der Waals surface area contributed by atoms with Crippen molar-refractivity contribution in [1.29, 1.82) is 0 Å². The molecule has 1 aromatic heterocycles. The summed E-state index contributed by atoms with van der Waals surface area (Å²) in [5.74, 6) is -0.903. The molecule has 1 aliphatic carbocycles. The zero-order valence-corrected chi connectivity index (χ0v) is 16.5. The number of aliphatic hydroxyl groups excluding tert-OH is 1. The minimum atomic E-state index is -3.00. The fourth-order valence-electron chi connectivity index (χ4n) is 3.03. The molecule has 1 aromatic rings. The molecule has 2 amide bonds. The number of carbonyl (C=O) groups is 2. The van der Waals surface area contributed by atoms with Crippen molar-refractivity contribution >= 4 is 21.5 Å². The van der Waals surface area contributed by atoms with Gasteiger partial charge in [0.05, 0.1) is 45.7 Å². The molecule has 2 atom stereocenters. The van der Waals surface area contributed by atoms with Crippen LogP contribution in [0.1, 0.15) is 38.3 Å². The second-order valence-electron chi connectivity index (χ2n) is 7.04. The van der Waals surface area contributed by atoms with Crippen molar-refractivity contribution in [3.63, 3.8) is 0 Å². The number of rotatable bonds is 7. The summed E-state index contributed by atoms with van der Waals surface area (Å²) in [5.41, 5.74) is 0.588. The first kappa shape index (κ1) is 20.0. The number of aromatic nitrogens is 2. The molecule has 2 unspecified atom stereocenters. The minimum absolute atomic E-state index is 0.120. The monoisotopic (exact) mass is 398 g/mol. The van der Waals surface area contributed by atoms with Gasteiger partial charge >= 0.3 is 0 Å². The van der Waals surface area contributed by atoms with Crippen LogP contribution in [-0.4, -0.2) is 67.4 Å². The Morgan fingerprint density at radius 1 is 1.44 bits per heavy atom. The Hall–Kier alpha value is -1.78. The van der Waals surface area contributed by atoms with Gasteiger partial charge < -0.3 is 14.7 Å². The molecule has 0 spiro atoms. The minimum Gasteiger partial charge on any atom is -0.383 e. The van der Waals surface area contributed by atoms with Crippen LogP contribution in [0.3, 0.4) is 0 Å². The molecule has 2 aliphatic rings. The van der Waals surface area contributed by atoms with Crippen molar-refractivity contribution in [3.05, 3.63) is 11.9 Å². The highest BCUT2D eigenvalue weighted by Gasteiger charge is 2.30. The van der Waals surface area contributed by atoms with E-state index in [2.05, 4.69) is 9.46 Å². The molecule has 150 valence electrons. The molecule has 9 nitrogen and oxygen atoms in total. The summed E-state index contributed by atoms with van der Waals surface area (Å²) in [4.78, 5) is 26.3. The third-order valence-electron chi connectivity index (χ3n) is 4.64. The summed E-state index contributed by atoms with van der Waals surface area (Å²) in [6, 6.07) is 0. The Balaban J connectivity index is 1.77. The van der Waals surface area contributed by atoms with Crippen LogP contribution in [0.2, 0.25) is 0 Å². The third-order valence-corrected chi connectivity index (χ3v) is 6.35. The van der Waals surface area contributed by atoms with Gasteiger partial charge in [-0.15, -0.1) is 0 Å². The molecule has 27 heavy (non-hydrogen) atoms. The van der Waals surface area contributed by atoms with Gasteiger partial charge in [-0.1, -0.05) is 13.3 Å². The van der Waals surface area contributed by atoms with Crippen LogP contribution in [0.25, 0.3) is 0 Å². The lowest BCUT2D eigenvalue weighted by Gasteiger charge is -2.30. The first-order chi connectivity index (χ1) is 12.8. The molecule has 1 fully saturated rings. The lowest BCUT2D eigenvalue weighted by Crippen LogP contribution is -2.44. The molecule has 1 saturated carbocycles. The maximum atomic E-state index is 13.1. The van der Waals surface area contributed by atoms with E-state index in [0.717, 1.165) is 12.8 Å². The highest BCUT2D eigenvalue weighted by atomic mass is 32.2. The highest BCUT2D eigenvalue weighted by Crippen LogP contribution is 2.25. The van der Waals surface area contributed by atoms with E-state index in [1.807, 2.05) is 6.92 Å². The number of fused-ring (bicyclic) bond motifs is 1. The average molecular weight is 398 g/mol. The molecule has 1 N–H and O–H groups in total. The maximum absolute atomic E-state index is 13.1. The molecule has 0 radical (unpaired) electrons. The number of amides is 2. The Morgan fingerprint density at radius 3 is 2.85 bits per heavy atom. The lowest BCUT2D eigenvalue weighted by molar-refractivity contribution is -0.142. The predicted molar refractivity (Wildman–Crippen MR) is 97.3 cm³/mol. The molecule has 0 saturated heterocycles. The molecule has 2 heterocycles. The number of hydrogen-bond donors (Lipinski definition) is 1. The van der Waals surface area contributed by atoms with Crippen molar-refractivity contribution in [2.45, 2.75) is 62.8 Å². The summed E-state index contributed by atoms with van der Waals surface area (Å²) in [6.07, 6.45) is 4.92. The van der Waals surface area contributed by atoms with Gasteiger partial charge in [0, 0.05) is 12.8 Å². The third kappa shape index (κ3) is 4.74. The van der Waals surface area contributed by atoms with Crippen LogP contribution in [-0.2, 0) is 37.1 Å². The van der Waals surface area contributed by atoms with E-state index < -0.39 is 21.7 Å². The van der Waals surface area contributed by atoms with Crippen molar-refractivity contribution < 1.29 is 23.6 Å². The van der Waals surface area contributed by atoms with E-state index in [-0.39, 0.29) is 25.2 Å². The van der Waals surface area contributed by atoms with E-state index in [1.54, 1.807) is 4.68 Å². The van der Waals surface area contributed by atoms with E-state index >= 15 is 0 Å². The zero-order chi connectivity index (χ0) is 19.6. The molecular weight excluding hydrogens is 372 g/mol. The van der Waals surface area contributed by atoms with E-state index in [4.69, 9.17) is 4.74 Å². The second-order valence-corrected chi connectivity index (χ2v) is 9.27.